The Morgan fingerprint density at radius 2 is 2.39 bits per heavy atom. The Bertz CT molecular complexity index is 421. The van der Waals surface area contributed by atoms with Gasteiger partial charge in [0.25, 0.3) is 0 Å². The third-order valence-electron chi connectivity index (χ3n) is 2.21. The maximum Gasteiger partial charge on any atom is 0.339 e. The van der Waals surface area contributed by atoms with E-state index in [4.69, 9.17) is 9.84 Å². The molecule has 0 aliphatic carbocycles. The second-order valence-corrected chi connectivity index (χ2v) is 3.61. The van der Waals surface area contributed by atoms with Crippen molar-refractivity contribution in [3.8, 4) is 0 Å². The number of hydrogen-bond donors (Lipinski definition) is 2. The highest BCUT2D eigenvalue weighted by molar-refractivity contribution is 5.88. The van der Waals surface area contributed by atoms with E-state index in [0.717, 1.165) is 6.42 Å². The number of nitrogens with one attached hydrogen (secondary N) is 1. The molecular formula is C12H17N3O3. The number of aromatic carboxylic acids is 1. The third kappa shape index (κ3) is 4.50. The minimum absolute atomic E-state index is 0.114. The second-order valence-electron chi connectivity index (χ2n) is 3.61. The highest BCUT2D eigenvalue weighted by Crippen LogP contribution is 2.06. The summed E-state index contributed by atoms with van der Waals surface area (Å²) >= 11 is 0. The van der Waals surface area contributed by atoms with Crippen molar-refractivity contribution in [3.05, 3.63) is 30.1 Å². The zero-order valence-electron chi connectivity index (χ0n) is 10.3. The smallest absolute Gasteiger partial charge is 0.339 e. The summed E-state index contributed by atoms with van der Waals surface area (Å²) in [7, 11) is 0. The summed E-state index contributed by atoms with van der Waals surface area (Å²) < 4.78 is 5.30. The van der Waals surface area contributed by atoms with Crippen LogP contribution >= 0.6 is 0 Å². The summed E-state index contributed by atoms with van der Waals surface area (Å²) in [6.07, 6.45) is 3.92. The fraction of sp³-hybridized carbons (Fsp3) is 0.417. The average molecular weight is 251 g/mol. The predicted molar refractivity (Wildman–Crippen MR) is 67.9 cm³/mol. The SMILES string of the molecule is C=CCCOCCNc1ncc(C(=O)O)c(C)n1. The quantitative estimate of drug-likeness (QED) is 0.538. The first-order valence-corrected chi connectivity index (χ1v) is 5.64. The van der Waals surface area contributed by atoms with Gasteiger partial charge in [0.2, 0.25) is 5.95 Å². The molecule has 0 saturated heterocycles. The van der Waals surface area contributed by atoms with Crippen LogP contribution in [-0.2, 0) is 4.74 Å². The molecule has 0 bridgehead atoms. The van der Waals surface area contributed by atoms with Crippen LogP contribution in [0.1, 0.15) is 22.5 Å². The fourth-order valence-electron chi connectivity index (χ4n) is 1.27. The number of rotatable bonds is 8. The molecular weight excluding hydrogens is 234 g/mol. The van der Waals surface area contributed by atoms with Gasteiger partial charge in [0.15, 0.2) is 0 Å². The van der Waals surface area contributed by atoms with Gasteiger partial charge in [-0.15, -0.1) is 6.58 Å². The Labute approximate surface area is 106 Å². The number of aromatic nitrogens is 2. The molecule has 0 aliphatic heterocycles. The summed E-state index contributed by atoms with van der Waals surface area (Å²) in [6.45, 7) is 6.98. The van der Waals surface area contributed by atoms with Gasteiger partial charge in [0, 0.05) is 12.7 Å². The third-order valence-corrected chi connectivity index (χ3v) is 2.21. The molecule has 0 aromatic carbocycles. The zero-order chi connectivity index (χ0) is 13.4. The number of anilines is 1. The van der Waals surface area contributed by atoms with Crippen molar-refractivity contribution < 1.29 is 14.6 Å². The van der Waals surface area contributed by atoms with Crippen molar-refractivity contribution in [3.63, 3.8) is 0 Å². The van der Waals surface area contributed by atoms with Crippen LogP contribution in [0.3, 0.4) is 0 Å². The molecule has 1 heterocycles. The van der Waals surface area contributed by atoms with Gasteiger partial charge in [0.1, 0.15) is 0 Å². The van der Waals surface area contributed by atoms with E-state index in [1.807, 2.05) is 0 Å². The Morgan fingerprint density at radius 3 is 3.00 bits per heavy atom. The van der Waals surface area contributed by atoms with Crippen molar-refractivity contribution in [2.45, 2.75) is 13.3 Å². The van der Waals surface area contributed by atoms with Gasteiger partial charge >= 0.3 is 5.97 Å². The molecule has 0 unspecified atom stereocenters. The van der Waals surface area contributed by atoms with E-state index < -0.39 is 5.97 Å². The average Bonchev–Trinajstić information content (AvgIpc) is 2.33. The monoisotopic (exact) mass is 251 g/mol. The van der Waals surface area contributed by atoms with Gasteiger partial charge in [-0.3, -0.25) is 0 Å². The van der Waals surface area contributed by atoms with E-state index in [2.05, 4.69) is 21.9 Å². The molecule has 1 rings (SSSR count). The van der Waals surface area contributed by atoms with Crippen LogP contribution in [0, 0.1) is 6.92 Å². The van der Waals surface area contributed by atoms with Gasteiger partial charge < -0.3 is 15.2 Å². The van der Waals surface area contributed by atoms with Gasteiger partial charge in [-0.2, -0.15) is 0 Å². The molecule has 2 N–H and O–H groups in total. The predicted octanol–water partition coefficient (Wildman–Crippen LogP) is 1.49. The van der Waals surface area contributed by atoms with Crippen LogP contribution in [0.25, 0.3) is 0 Å². The first kappa shape index (κ1) is 14.1. The molecule has 6 nitrogen and oxygen atoms in total. The van der Waals surface area contributed by atoms with Gasteiger partial charge in [-0.25, -0.2) is 14.8 Å². The minimum Gasteiger partial charge on any atom is -0.478 e. The lowest BCUT2D eigenvalue weighted by Gasteiger charge is -2.06. The number of carboxylic acid groups (broad SMARTS) is 1. The van der Waals surface area contributed by atoms with Gasteiger partial charge in [-0.05, 0) is 13.3 Å². The minimum atomic E-state index is -1.02. The van der Waals surface area contributed by atoms with E-state index >= 15 is 0 Å². The van der Waals surface area contributed by atoms with E-state index in [1.54, 1.807) is 13.0 Å². The number of aryl methyl sites for hydroxylation is 1. The molecule has 0 aliphatic rings. The number of ether oxygens (including phenoxy) is 1. The van der Waals surface area contributed by atoms with Crippen LogP contribution in [0.2, 0.25) is 0 Å². The highest BCUT2D eigenvalue weighted by Gasteiger charge is 2.09. The summed E-state index contributed by atoms with van der Waals surface area (Å²) in [6, 6.07) is 0. The van der Waals surface area contributed by atoms with Crippen LogP contribution in [0.4, 0.5) is 5.95 Å². The molecule has 0 amide bonds. The number of carbonyl (C=O) groups is 1. The van der Waals surface area contributed by atoms with E-state index in [0.29, 0.717) is 31.4 Å². The van der Waals surface area contributed by atoms with E-state index in [1.165, 1.54) is 6.20 Å². The van der Waals surface area contributed by atoms with Crippen molar-refractivity contribution in [1.82, 2.24) is 9.97 Å². The summed E-state index contributed by atoms with van der Waals surface area (Å²) in [4.78, 5) is 18.7. The highest BCUT2D eigenvalue weighted by atomic mass is 16.5. The van der Waals surface area contributed by atoms with Crippen molar-refractivity contribution in [2.24, 2.45) is 0 Å². The largest absolute Gasteiger partial charge is 0.478 e. The summed E-state index contributed by atoms with van der Waals surface area (Å²) in [5.41, 5.74) is 0.551. The molecule has 0 saturated carbocycles. The summed E-state index contributed by atoms with van der Waals surface area (Å²) in [5.74, 6) is -0.614. The number of carboxylic acids is 1. The molecule has 0 spiro atoms. The lowest BCUT2D eigenvalue weighted by molar-refractivity contribution is 0.0695. The Morgan fingerprint density at radius 1 is 1.61 bits per heavy atom. The van der Waals surface area contributed by atoms with Crippen molar-refractivity contribution in [2.75, 3.05) is 25.1 Å². The van der Waals surface area contributed by atoms with Crippen molar-refractivity contribution in [1.29, 1.82) is 0 Å². The topological polar surface area (TPSA) is 84.3 Å². The van der Waals surface area contributed by atoms with Crippen molar-refractivity contribution >= 4 is 11.9 Å². The second kappa shape index (κ2) is 7.39. The van der Waals surface area contributed by atoms with Gasteiger partial charge in [-0.1, -0.05) is 6.08 Å². The van der Waals surface area contributed by atoms with E-state index in [-0.39, 0.29) is 5.56 Å². The molecule has 1 aromatic rings. The zero-order valence-corrected chi connectivity index (χ0v) is 10.3. The summed E-state index contributed by atoms with van der Waals surface area (Å²) in [5, 5.41) is 11.8. The Balaban J connectivity index is 2.37. The van der Waals surface area contributed by atoms with Crippen LogP contribution in [0.15, 0.2) is 18.9 Å². The van der Waals surface area contributed by atoms with E-state index in [9.17, 15) is 4.79 Å². The molecule has 0 atom stereocenters. The van der Waals surface area contributed by atoms with Crippen LogP contribution < -0.4 is 5.32 Å². The maximum absolute atomic E-state index is 10.8. The van der Waals surface area contributed by atoms with Gasteiger partial charge in [0.05, 0.1) is 24.5 Å². The first-order chi connectivity index (χ1) is 8.65. The molecule has 1 aromatic heterocycles. The van der Waals surface area contributed by atoms with Crippen LogP contribution in [0.5, 0.6) is 0 Å². The normalized spacial score (nSPS) is 10.1. The number of hydrogen-bond acceptors (Lipinski definition) is 5. The molecule has 98 valence electrons. The maximum atomic E-state index is 10.8. The molecule has 18 heavy (non-hydrogen) atoms. The molecule has 0 radical (unpaired) electrons. The Hall–Kier alpha value is -1.95. The molecule has 6 heteroatoms. The number of nitrogens with zero attached hydrogens (tertiary/aromatic N) is 2. The lowest BCUT2D eigenvalue weighted by Crippen LogP contribution is -2.13. The molecule has 0 fully saturated rings. The standard InChI is InChI=1S/C12H17N3O3/c1-3-4-6-18-7-5-13-12-14-8-10(11(16)17)9(2)15-12/h3,8H,1,4-7H2,2H3,(H,16,17)(H,13,14,15). The van der Waals surface area contributed by atoms with Crippen LogP contribution in [-0.4, -0.2) is 40.8 Å². The Kier molecular flexibility index (Phi) is 5.79. The fourth-order valence-corrected chi connectivity index (χ4v) is 1.27. The first-order valence-electron chi connectivity index (χ1n) is 5.64. The lowest BCUT2D eigenvalue weighted by atomic mass is 10.2.